The number of halogens is 1. The molecule has 0 saturated heterocycles. The molecule has 0 atom stereocenters. The third-order valence-corrected chi connectivity index (χ3v) is 3.79. The number of para-hydroxylation sites is 1. The standard InChI is InChI=1S/C17H14BrN3O/c18-15-8-6-13(7-9-15)17(22)20-16-5-2-1-4-14(16)12-21-11-3-10-19-21/h1-11H,12H2,(H,20,22). The van der Waals surface area contributed by atoms with Crippen LogP contribution in [0.5, 0.6) is 0 Å². The Labute approximate surface area is 136 Å². The SMILES string of the molecule is O=C(Nc1ccccc1Cn1cccn1)c1ccc(Br)cc1. The molecule has 0 aliphatic carbocycles. The molecule has 4 nitrogen and oxygen atoms in total. The van der Waals surface area contributed by atoms with Crippen LogP contribution in [0.2, 0.25) is 0 Å². The first-order valence-electron chi connectivity index (χ1n) is 6.84. The lowest BCUT2D eigenvalue weighted by atomic mass is 10.1. The average molecular weight is 356 g/mol. The van der Waals surface area contributed by atoms with E-state index in [1.807, 2.05) is 53.3 Å². The number of hydrogen-bond donors (Lipinski definition) is 1. The number of nitrogens with zero attached hydrogens (tertiary/aromatic N) is 2. The third-order valence-electron chi connectivity index (χ3n) is 3.26. The highest BCUT2D eigenvalue weighted by molar-refractivity contribution is 9.10. The van der Waals surface area contributed by atoms with Gasteiger partial charge in [-0.05, 0) is 42.0 Å². The van der Waals surface area contributed by atoms with E-state index in [0.29, 0.717) is 12.1 Å². The average Bonchev–Trinajstić information content (AvgIpc) is 3.03. The van der Waals surface area contributed by atoms with E-state index in [0.717, 1.165) is 15.7 Å². The summed E-state index contributed by atoms with van der Waals surface area (Å²) in [6.07, 6.45) is 3.64. The van der Waals surface area contributed by atoms with E-state index >= 15 is 0 Å². The van der Waals surface area contributed by atoms with Crippen molar-refractivity contribution in [3.63, 3.8) is 0 Å². The number of rotatable bonds is 4. The molecule has 0 aliphatic heterocycles. The molecule has 0 spiro atoms. The van der Waals surface area contributed by atoms with Crippen LogP contribution in [-0.2, 0) is 6.54 Å². The van der Waals surface area contributed by atoms with Gasteiger partial charge in [-0.2, -0.15) is 5.10 Å². The van der Waals surface area contributed by atoms with Gasteiger partial charge in [-0.3, -0.25) is 9.48 Å². The molecular formula is C17H14BrN3O. The van der Waals surface area contributed by atoms with Crippen LogP contribution < -0.4 is 5.32 Å². The molecule has 1 N–H and O–H groups in total. The van der Waals surface area contributed by atoms with Crippen molar-refractivity contribution in [3.05, 3.63) is 82.6 Å². The number of hydrogen-bond acceptors (Lipinski definition) is 2. The largest absolute Gasteiger partial charge is 0.322 e. The molecule has 1 amide bonds. The summed E-state index contributed by atoms with van der Waals surface area (Å²) in [5.74, 6) is -0.125. The lowest BCUT2D eigenvalue weighted by Crippen LogP contribution is -2.14. The van der Waals surface area contributed by atoms with Gasteiger partial charge in [0.25, 0.3) is 5.91 Å². The zero-order chi connectivity index (χ0) is 15.4. The van der Waals surface area contributed by atoms with E-state index in [-0.39, 0.29) is 5.91 Å². The van der Waals surface area contributed by atoms with E-state index in [9.17, 15) is 4.79 Å². The zero-order valence-electron chi connectivity index (χ0n) is 11.7. The Morgan fingerprint density at radius 3 is 2.59 bits per heavy atom. The van der Waals surface area contributed by atoms with Crippen molar-refractivity contribution >= 4 is 27.5 Å². The molecule has 0 unspecified atom stereocenters. The molecule has 2 aromatic carbocycles. The number of anilines is 1. The van der Waals surface area contributed by atoms with E-state index in [2.05, 4.69) is 26.3 Å². The fourth-order valence-corrected chi connectivity index (χ4v) is 2.41. The lowest BCUT2D eigenvalue weighted by molar-refractivity contribution is 0.102. The summed E-state index contributed by atoms with van der Waals surface area (Å²) in [6, 6.07) is 16.9. The predicted octanol–water partition coefficient (Wildman–Crippen LogP) is 3.95. The van der Waals surface area contributed by atoms with Gasteiger partial charge in [0.15, 0.2) is 0 Å². The minimum atomic E-state index is -0.125. The van der Waals surface area contributed by atoms with Crippen molar-refractivity contribution in [2.24, 2.45) is 0 Å². The summed E-state index contributed by atoms with van der Waals surface area (Å²) in [5, 5.41) is 7.16. The summed E-state index contributed by atoms with van der Waals surface area (Å²) in [7, 11) is 0. The molecule has 22 heavy (non-hydrogen) atoms. The Kier molecular flexibility index (Phi) is 4.34. The summed E-state index contributed by atoms with van der Waals surface area (Å²) < 4.78 is 2.77. The lowest BCUT2D eigenvalue weighted by Gasteiger charge is -2.11. The third kappa shape index (κ3) is 3.43. The molecule has 0 radical (unpaired) electrons. The van der Waals surface area contributed by atoms with Crippen molar-refractivity contribution in [1.82, 2.24) is 9.78 Å². The second-order valence-electron chi connectivity index (χ2n) is 4.82. The van der Waals surface area contributed by atoms with Crippen LogP contribution in [0.3, 0.4) is 0 Å². The molecule has 1 heterocycles. The topological polar surface area (TPSA) is 46.9 Å². The van der Waals surface area contributed by atoms with Crippen LogP contribution in [0, 0.1) is 0 Å². The quantitative estimate of drug-likeness (QED) is 0.770. The van der Waals surface area contributed by atoms with Gasteiger partial charge in [-0.25, -0.2) is 0 Å². The minimum absolute atomic E-state index is 0.125. The smallest absolute Gasteiger partial charge is 0.255 e. The second kappa shape index (κ2) is 6.58. The van der Waals surface area contributed by atoms with Gasteiger partial charge in [-0.1, -0.05) is 34.1 Å². The van der Waals surface area contributed by atoms with E-state index in [1.54, 1.807) is 18.3 Å². The molecule has 3 aromatic rings. The number of aromatic nitrogens is 2. The second-order valence-corrected chi connectivity index (χ2v) is 5.74. The fourth-order valence-electron chi connectivity index (χ4n) is 2.14. The summed E-state index contributed by atoms with van der Waals surface area (Å²) >= 11 is 3.36. The summed E-state index contributed by atoms with van der Waals surface area (Å²) in [4.78, 5) is 12.3. The maximum Gasteiger partial charge on any atom is 0.255 e. The number of amides is 1. The highest BCUT2D eigenvalue weighted by atomic mass is 79.9. The van der Waals surface area contributed by atoms with Crippen LogP contribution in [0.25, 0.3) is 0 Å². The molecule has 0 bridgehead atoms. The van der Waals surface area contributed by atoms with Crippen molar-refractivity contribution in [2.75, 3.05) is 5.32 Å². The van der Waals surface area contributed by atoms with Crippen LogP contribution in [0.15, 0.2) is 71.5 Å². The Hall–Kier alpha value is -2.40. The number of nitrogens with one attached hydrogen (secondary N) is 1. The van der Waals surface area contributed by atoms with Crippen LogP contribution in [0.4, 0.5) is 5.69 Å². The van der Waals surface area contributed by atoms with Gasteiger partial charge in [-0.15, -0.1) is 0 Å². The maximum absolute atomic E-state index is 12.3. The van der Waals surface area contributed by atoms with Gasteiger partial charge in [0.2, 0.25) is 0 Å². The Morgan fingerprint density at radius 2 is 1.86 bits per heavy atom. The molecule has 5 heteroatoms. The number of carbonyl (C=O) groups is 1. The van der Waals surface area contributed by atoms with E-state index in [1.165, 1.54) is 0 Å². The van der Waals surface area contributed by atoms with Gasteiger partial charge >= 0.3 is 0 Å². The molecular weight excluding hydrogens is 342 g/mol. The summed E-state index contributed by atoms with van der Waals surface area (Å²) in [6.45, 7) is 0.615. The van der Waals surface area contributed by atoms with Gasteiger partial charge in [0.05, 0.1) is 6.54 Å². The monoisotopic (exact) mass is 355 g/mol. The highest BCUT2D eigenvalue weighted by Crippen LogP contribution is 2.18. The van der Waals surface area contributed by atoms with E-state index in [4.69, 9.17) is 0 Å². The number of benzene rings is 2. The van der Waals surface area contributed by atoms with Crippen molar-refractivity contribution in [1.29, 1.82) is 0 Å². The molecule has 1 aromatic heterocycles. The molecule has 3 rings (SSSR count). The molecule has 110 valence electrons. The Bertz CT molecular complexity index is 767. The van der Waals surface area contributed by atoms with Gasteiger partial charge in [0, 0.05) is 28.1 Å². The number of carbonyl (C=O) groups excluding carboxylic acids is 1. The van der Waals surface area contributed by atoms with Crippen LogP contribution in [0.1, 0.15) is 15.9 Å². The van der Waals surface area contributed by atoms with Crippen LogP contribution >= 0.6 is 15.9 Å². The predicted molar refractivity (Wildman–Crippen MR) is 89.9 cm³/mol. The first-order valence-corrected chi connectivity index (χ1v) is 7.64. The van der Waals surface area contributed by atoms with Gasteiger partial charge in [0.1, 0.15) is 0 Å². The Morgan fingerprint density at radius 1 is 1.09 bits per heavy atom. The fraction of sp³-hybridized carbons (Fsp3) is 0.0588. The summed E-state index contributed by atoms with van der Waals surface area (Å²) in [5.41, 5.74) is 2.43. The zero-order valence-corrected chi connectivity index (χ0v) is 13.3. The van der Waals surface area contributed by atoms with Crippen LogP contribution in [-0.4, -0.2) is 15.7 Å². The Balaban J connectivity index is 1.80. The maximum atomic E-state index is 12.3. The first kappa shape index (κ1) is 14.5. The van der Waals surface area contributed by atoms with Crippen molar-refractivity contribution in [2.45, 2.75) is 6.54 Å². The normalized spacial score (nSPS) is 10.4. The molecule has 0 fully saturated rings. The molecule has 0 saturated carbocycles. The van der Waals surface area contributed by atoms with Crippen molar-refractivity contribution < 1.29 is 4.79 Å². The molecule has 0 aliphatic rings. The van der Waals surface area contributed by atoms with E-state index < -0.39 is 0 Å². The van der Waals surface area contributed by atoms with Gasteiger partial charge < -0.3 is 5.32 Å². The minimum Gasteiger partial charge on any atom is -0.322 e. The van der Waals surface area contributed by atoms with Crippen molar-refractivity contribution in [3.8, 4) is 0 Å². The first-order chi connectivity index (χ1) is 10.7. The highest BCUT2D eigenvalue weighted by Gasteiger charge is 2.09.